The van der Waals surface area contributed by atoms with Crippen molar-refractivity contribution in [1.82, 2.24) is 15.5 Å². The summed E-state index contributed by atoms with van der Waals surface area (Å²) in [7, 11) is 1.80. The number of imide groups is 1. The van der Waals surface area contributed by atoms with Gasteiger partial charge in [0.2, 0.25) is 17.7 Å². The number of amides is 3. The molecule has 17 heavy (non-hydrogen) atoms. The molecule has 0 saturated carbocycles. The van der Waals surface area contributed by atoms with Gasteiger partial charge in [-0.15, -0.1) is 0 Å². The van der Waals surface area contributed by atoms with Crippen molar-refractivity contribution in [2.24, 2.45) is 5.92 Å². The molecule has 1 rings (SSSR count). The van der Waals surface area contributed by atoms with Crippen LogP contribution in [-0.2, 0) is 14.4 Å². The minimum absolute atomic E-state index is 0.139. The van der Waals surface area contributed by atoms with Gasteiger partial charge in [-0.2, -0.15) is 0 Å². The highest BCUT2D eigenvalue weighted by molar-refractivity contribution is 6.03. The maximum absolute atomic E-state index is 11.6. The van der Waals surface area contributed by atoms with E-state index >= 15 is 0 Å². The summed E-state index contributed by atoms with van der Waals surface area (Å²) < 4.78 is 0. The van der Waals surface area contributed by atoms with E-state index in [0.717, 1.165) is 0 Å². The summed E-state index contributed by atoms with van der Waals surface area (Å²) in [6.45, 7) is 3.17. The van der Waals surface area contributed by atoms with Crippen LogP contribution in [0.25, 0.3) is 0 Å². The lowest BCUT2D eigenvalue weighted by molar-refractivity contribution is -0.139. The van der Waals surface area contributed by atoms with Crippen LogP contribution in [0.3, 0.4) is 0 Å². The molecule has 0 aromatic carbocycles. The Hall–Kier alpha value is -1.43. The zero-order valence-corrected chi connectivity index (χ0v) is 10.3. The highest BCUT2D eigenvalue weighted by Crippen LogP contribution is 2.18. The number of hydrogen-bond acceptors (Lipinski definition) is 4. The van der Waals surface area contributed by atoms with Gasteiger partial charge in [-0.25, -0.2) is 0 Å². The van der Waals surface area contributed by atoms with Crippen LogP contribution in [-0.4, -0.2) is 49.3 Å². The number of likely N-dealkylation sites (tertiary alicyclic amines) is 1. The molecule has 1 atom stereocenters. The first-order valence-electron chi connectivity index (χ1n) is 5.81. The first kappa shape index (κ1) is 13.6. The van der Waals surface area contributed by atoms with Crippen molar-refractivity contribution >= 4 is 17.7 Å². The van der Waals surface area contributed by atoms with Crippen LogP contribution in [0.5, 0.6) is 0 Å². The van der Waals surface area contributed by atoms with E-state index in [-0.39, 0.29) is 43.0 Å². The maximum atomic E-state index is 11.6. The fourth-order valence-electron chi connectivity index (χ4n) is 1.71. The van der Waals surface area contributed by atoms with Crippen molar-refractivity contribution in [3.63, 3.8) is 0 Å². The van der Waals surface area contributed by atoms with E-state index in [2.05, 4.69) is 10.6 Å². The van der Waals surface area contributed by atoms with Crippen LogP contribution in [0.2, 0.25) is 0 Å². The molecule has 0 aliphatic carbocycles. The summed E-state index contributed by atoms with van der Waals surface area (Å²) in [6.07, 6.45) is 0.439. The van der Waals surface area contributed by atoms with E-state index in [9.17, 15) is 14.4 Å². The molecule has 1 saturated heterocycles. The van der Waals surface area contributed by atoms with Crippen LogP contribution in [0, 0.1) is 5.92 Å². The molecule has 1 aliphatic heterocycles. The van der Waals surface area contributed by atoms with Crippen LogP contribution in [0.15, 0.2) is 0 Å². The molecule has 3 amide bonds. The molecular formula is C11H19N3O3. The SMILES string of the molecule is CNCCNC(=O)CCN1C(=O)CC(C)C1=O. The standard InChI is InChI=1S/C11H19N3O3/c1-8-7-10(16)14(11(8)17)6-3-9(15)13-5-4-12-2/h8,12H,3-7H2,1-2H3,(H,13,15). The molecule has 0 spiro atoms. The number of hydrogen-bond donors (Lipinski definition) is 2. The fourth-order valence-corrected chi connectivity index (χ4v) is 1.71. The Labute approximate surface area is 101 Å². The van der Waals surface area contributed by atoms with E-state index in [1.54, 1.807) is 14.0 Å². The third-order valence-corrected chi connectivity index (χ3v) is 2.73. The molecule has 1 fully saturated rings. The number of carbonyl (C=O) groups is 3. The third-order valence-electron chi connectivity index (χ3n) is 2.73. The molecule has 0 aromatic rings. The van der Waals surface area contributed by atoms with Crippen LogP contribution in [0.1, 0.15) is 19.8 Å². The number of rotatable bonds is 6. The Bertz CT molecular complexity index is 317. The number of carbonyl (C=O) groups excluding carboxylic acids is 3. The molecule has 1 unspecified atom stereocenters. The van der Waals surface area contributed by atoms with E-state index in [4.69, 9.17) is 0 Å². The zero-order chi connectivity index (χ0) is 12.8. The lowest BCUT2D eigenvalue weighted by Gasteiger charge is -2.13. The Kier molecular flexibility index (Phi) is 5.09. The summed E-state index contributed by atoms with van der Waals surface area (Å²) >= 11 is 0. The molecule has 1 aliphatic rings. The zero-order valence-electron chi connectivity index (χ0n) is 10.3. The minimum atomic E-state index is -0.241. The second kappa shape index (κ2) is 6.34. The fraction of sp³-hybridized carbons (Fsp3) is 0.727. The monoisotopic (exact) mass is 241 g/mol. The predicted octanol–water partition coefficient (Wildman–Crippen LogP) is -0.893. The Balaban J connectivity index is 2.28. The van der Waals surface area contributed by atoms with Crippen molar-refractivity contribution < 1.29 is 14.4 Å². The molecule has 96 valence electrons. The highest BCUT2D eigenvalue weighted by Gasteiger charge is 2.35. The van der Waals surface area contributed by atoms with Gasteiger partial charge in [-0.05, 0) is 7.05 Å². The van der Waals surface area contributed by atoms with Crippen molar-refractivity contribution in [3.05, 3.63) is 0 Å². The molecule has 1 heterocycles. The van der Waals surface area contributed by atoms with Crippen molar-refractivity contribution in [2.45, 2.75) is 19.8 Å². The largest absolute Gasteiger partial charge is 0.355 e. The van der Waals surface area contributed by atoms with Crippen molar-refractivity contribution in [3.8, 4) is 0 Å². The average Bonchev–Trinajstić information content (AvgIpc) is 2.51. The van der Waals surface area contributed by atoms with Gasteiger partial charge in [-0.3, -0.25) is 19.3 Å². The Morgan fingerprint density at radius 3 is 2.65 bits per heavy atom. The molecule has 6 nitrogen and oxygen atoms in total. The first-order chi connectivity index (χ1) is 8.06. The van der Waals surface area contributed by atoms with Gasteiger partial charge in [0.1, 0.15) is 0 Å². The Morgan fingerprint density at radius 1 is 1.41 bits per heavy atom. The smallest absolute Gasteiger partial charge is 0.232 e. The normalized spacial score (nSPS) is 19.9. The number of nitrogens with zero attached hydrogens (tertiary/aromatic N) is 1. The van der Waals surface area contributed by atoms with E-state index < -0.39 is 0 Å². The van der Waals surface area contributed by atoms with Crippen molar-refractivity contribution in [2.75, 3.05) is 26.7 Å². The van der Waals surface area contributed by atoms with Gasteiger partial charge in [0, 0.05) is 38.4 Å². The second-order valence-corrected chi connectivity index (χ2v) is 4.19. The lowest BCUT2D eigenvalue weighted by atomic mass is 10.1. The van der Waals surface area contributed by atoms with E-state index in [1.807, 2.05) is 0 Å². The topological polar surface area (TPSA) is 78.5 Å². The second-order valence-electron chi connectivity index (χ2n) is 4.19. The highest BCUT2D eigenvalue weighted by atomic mass is 16.2. The predicted molar refractivity (Wildman–Crippen MR) is 62.1 cm³/mol. The molecular weight excluding hydrogens is 222 g/mol. The van der Waals surface area contributed by atoms with Crippen LogP contribution < -0.4 is 10.6 Å². The summed E-state index contributed by atoms with van der Waals surface area (Å²) in [6, 6.07) is 0. The van der Waals surface area contributed by atoms with E-state index in [1.165, 1.54) is 4.90 Å². The van der Waals surface area contributed by atoms with Gasteiger partial charge < -0.3 is 10.6 Å². The lowest BCUT2D eigenvalue weighted by Crippen LogP contribution is -2.36. The molecule has 0 aromatic heterocycles. The van der Waals surface area contributed by atoms with Gasteiger partial charge >= 0.3 is 0 Å². The van der Waals surface area contributed by atoms with Crippen LogP contribution in [0.4, 0.5) is 0 Å². The number of likely N-dealkylation sites (N-methyl/N-ethyl adjacent to an activating group) is 1. The third kappa shape index (κ3) is 3.81. The number of nitrogens with one attached hydrogen (secondary N) is 2. The molecule has 2 N–H and O–H groups in total. The molecule has 0 bridgehead atoms. The van der Waals surface area contributed by atoms with Gasteiger partial charge in [0.15, 0.2) is 0 Å². The maximum Gasteiger partial charge on any atom is 0.232 e. The van der Waals surface area contributed by atoms with E-state index in [0.29, 0.717) is 13.1 Å². The summed E-state index contributed by atoms with van der Waals surface area (Å²) in [5.41, 5.74) is 0. The first-order valence-corrected chi connectivity index (χ1v) is 5.81. The summed E-state index contributed by atoms with van der Waals surface area (Å²) in [4.78, 5) is 35.5. The molecule has 0 radical (unpaired) electrons. The van der Waals surface area contributed by atoms with Gasteiger partial charge in [0.05, 0.1) is 0 Å². The van der Waals surface area contributed by atoms with Gasteiger partial charge in [-0.1, -0.05) is 6.92 Å². The molecule has 6 heteroatoms. The summed E-state index contributed by atoms with van der Waals surface area (Å²) in [5.74, 6) is -0.723. The van der Waals surface area contributed by atoms with Gasteiger partial charge in [0.25, 0.3) is 0 Å². The summed E-state index contributed by atoms with van der Waals surface area (Å²) in [5, 5.41) is 5.60. The average molecular weight is 241 g/mol. The van der Waals surface area contributed by atoms with Crippen molar-refractivity contribution in [1.29, 1.82) is 0 Å². The quantitative estimate of drug-likeness (QED) is 0.467. The Morgan fingerprint density at radius 2 is 2.12 bits per heavy atom. The minimum Gasteiger partial charge on any atom is -0.355 e. The van der Waals surface area contributed by atoms with Crippen LogP contribution >= 0.6 is 0 Å².